The smallest absolute Gasteiger partial charge is 0.293 e. The highest BCUT2D eigenvalue weighted by Crippen LogP contribution is 2.28. The molecule has 3 nitrogen and oxygen atoms in total. The Morgan fingerprint density at radius 3 is 2.58 bits per heavy atom. The first-order valence-corrected chi connectivity index (χ1v) is 6.72. The van der Waals surface area contributed by atoms with Gasteiger partial charge in [0.15, 0.2) is 0 Å². The first kappa shape index (κ1) is 14.0. The zero-order valence-electron chi connectivity index (χ0n) is 11.5. The van der Waals surface area contributed by atoms with Crippen LogP contribution in [0.5, 0.6) is 0 Å². The molecule has 0 aliphatic carbocycles. The maximum Gasteiger partial charge on any atom is 0.293 e. The summed E-state index contributed by atoms with van der Waals surface area (Å²) in [6.45, 7) is 5.56. The zero-order chi connectivity index (χ0) is 13.8. The quantitative estimate of drug-likeness (QED) is 0.577. The van der Waals surface area contributed by atoms with Crippen LogP contribution in [0.15, 0.2) is 24.3 Å². The van der Waals surface area contributed by atoms with E-state index in [9.17, 15) is 9.59 Å². The number of hydrogen-bond donors (Lipinski definition) is 0. The van der Waals surface area contributed by atoms with Crippen molar-refractivity contribution in [3.8, 4) is 0 Å². The standard InChI is InChI=1S/C15H19BNO2/c1-11(7-12(2)19)13-3-5-14(6-4-13)15-8-17(9-15)16-10-18/h3-6,10-11,15H,7-9H2,1-2H3/t11-/m1/s1. The van der Waals surface area contributed by atoms with Gasteiger partial charge in [0.2, 0.25) is 0 Å². The summed E-state index contributed by atoms with van der Waals surface area (Å²) < 4.78 is 0. The van der Waals surface area contributed by atoms with Gasteiger partial charge in [0.25, 0.3) is 7.41 Å². The van der Waals surface area contributed by atoms with Crippen molar-refractivity contribution in [2.45, 2.75) is 32.1 Å². The van der Waals surface area contributed by atoms with Crippen molar-refractivity contribution in [2.24, 2.45) is 0 Å². The fourth-order valence-corrected chi connectivity index (χ4v) is 2.58. The van der Waals surface area contributed by atoms with Crippen LogP contribution < -0.4 is 0 Å². The number of hydrogen-bond acceptors (Lipinski definition) is 3. The van der Waals surface area contributed by atoms with Crippen LogP contribution in [-0.4, -0.2) is 37.3 Å². The lowest BCUT2D eigenvalue weighted by Gasteiger charge is -2.38. The van der Waals surface area contributed by atoms with Crippen molar-refractivity contribution in [1.29, 1.82) is 0 Å². The van der Waals surface area contributed by atoms with E-state index in [0.717, 1.165) is 19.3 Å². The lowest BCUT2D eigenvalue weighted by atomic mass is 9.81. The van der Waals surface area contributed by atoms with Crippen molar-refractivity contribution < 1.29 is 9.59 Å². The predicted molar refractivity (Wildman–Crippen MR) is 77.0 cm³/mol. The minimum atomic E-state index is 0.232. The summed E-state index contributed by atoms with van der Waals surface area (Å²) in [6.07, 6.45) is 1.44. The van der Waals surface area contributed by atoms with E-state index in [1.54, 1.807) is 14.3 Å². The lowest BCUT2D eigenvalue weighted by molar-refractivity contribution is -0.117. The van der Waals surface area contributed by atoms with Crippen molar-refractivity contribution in [3.63, 3.8) is 0 Å². The Balaban J connectivity index is 1.92. The first-order chi connectivity index (χ1) is 9.10. The summed E-state index contributed by atoms with van der Waals surface area (Å²) in [5, 5.41) is 0. The zero-order valence-corrected chi connectivity index (χ0v) is 11.5. The van der Waals surface area contributed by atoms with E-state index in [0.29, 0.717) is 12.3 Å². The molecule has 1 aromatic rings. The summed E-state index contributed by atoms with van der Waals surface area (Å²) in [6, 6.07) is 8.54. The maximum atomic E-state index is 11.1. The molecule has 0 unspecified atom stereocenters. The molecule has 4 heteroatoms. The molecule has 0 aromatic heterocycles. The predicted octanol–water partition coefficient (Wildman–Crippen LogP) is 1.98. The number of carbonyl (C=O) groups is 2. The number of rotatable bonds is 6. The molecule has 2 rings (SSSR count). The van der Waals surface area contributed by atoms with E-state index in [4.69, 9.17) is 0 Å². The van der Waals surface area contributed by atoms with Gasteiger partial charge < -0.3 is 14.4 Å². The Hall–Kier alpha value is -1.42. The Kier molecular flexibility index (Phi) is 4.54. The van der Waals surface area contributed by atoms with E-state index in [1.807, 2.05) is 4.81 Å². The molecule has 0 amide bonds. The Labute approximate surface area is 115 Å². The van der Waals surface area contributed by atoms with E-state index in [2.05, 4.69) is 31.2 Å². The van der Waals surface area contributed by atoms with Crippen LogP contribution in [0.25, 0.3) is 0 Å². The van der Waals surface area contributed by atoms with E-state index >= 15 is 0 Å². The van der Waals surface area contributed by atoms with Crippen LogP contribution in [-0.2, 0) is 9.59 Å². The highest BCUT2D eigenvalue weighted by Gasteiger charge is 2.27. The van der Waals surface area contributed by atoms with E-state index in [-0.39, 0.29) is 11.7 Å². The molecule has 1 heterocycles. The molecule has 1 fully saturated rings. The van der Waals surface area contributed by atoms with Gasteiger partial charge in [-0.15, -0.1) is 0 Å². The summed E-state index contributed by atoms with van der Waals surface area (Å²) in [5.41, 5.74) is 2.53. The summed E-state index contributed by atoms with van der Waals surface area (Å²) in [7, 11) is 1.60. The second-order valence-electron chi connectivity index (χ2n) is 5.41. The molecular formula is C15H19BNO2. The van der Waals surface area contributed by atoms with Crippen LogP contribution >= 0.6 is 0 Å². The molecule has 1 aliphatic rings. The average molecular weight is 256 g/mol. The maximum absolute atomic E-state index is 11.1. The number of ketones is 1. The van der Waals surface area contributed by atoms with Crippen molar-refractivity contribution in [2.75, 3.05) is 13.1 Å². The third-order valence-electron chi connectivity index (χ3n) is 3.75. The largest absolute Gasteiger partial charge is 0.339 e. The third-order valence-corrected chi connectivity index (χ3v) is 3.75. The van der Waals surface area contributed by atoms with Crippen molar-refractivity contribution in [1.82, 2.24) is 4.81 Å². The van der Waals surface area contributed by atoms with E-state index in [1.165, 1.54) is 11.1 Å². The molecular weight excluding hydrogens is 237 g/mol. The Morgan fingerprint density at radius 1 is 1.42 bits per heavy atom. The van der Waals surface area contributed by atoms with Crippen LogP contribution in [0.3, 0.4) is 0 Å². The lowest BCUT2D eigenvalue weighted by Crippen LogP contribution is -2.47. The molecule has 1 saturated heterocycles. The van der Waals surface area contributed by atoms with Gasteiger partial charge in [0, 0.05) is 12.3 Å². The third kappa shape index (κ3) is 3.54. The highest BCUT2D eigenvalue weighted by molar-refractivity contribution is 6.64. The van der Waals surface area contributed by atoms with Crippen LogP contribution in [0.4, 0.5) is 0 Å². The minimum absolute atomic E-state index is 0.232. The Morgan fingerprint density at radius 2 is 2.05 bits per heavy atom. The van der Waals surface area contributed by atoms with E-state index < -0.39 is 0 Å². The van der Waals surface area contributed by atoms with Gasteiger partial charge in [-0.2, -0.15) is 0 Å². The highest BCUT2D eigenvalue weighted by atomic mass is 16.1. The molecule has 1 radical (unpaired) electrons. The van der Waals surface area contributed by atoms with Gasteiger partial charge in [0.05, 0.1) is 6.19 Å². The molecule has 19 heavy (non-hydrogen) atoms. The van der Waals surface area contributed by atoms with Crippen LogP contribution in [0.2, 0.25) is 0 Å². The van der Waals surface area contributed by atoms with Crippen molar-refractivity contribution in [3.05, 3.63) is 35.4 Å². The molecule has 1 atom stereocenters. The van der Waals surface area contributed by atoms with Gasteiger partial charge in [-0.1, -0.05) is 31.2 Å². The molecule has 1 aromatic carbocycles. The fourth-order valence-electron chi connectivity index (χ4n) is 2.58. The van der Waals surface area contributed by atoms with Crippen LogP contribution in [0, 0.1) is 0 Å². The van der Waals surface area contributed by atoms with Gasteiger partial charge in [-0.3, -0.25) is 0 Å². The Bertz CT molecular complexity index is 452. The summed E-state index contributed by atoms with van der Waals surface area (Å²) >= 11 is 0. The number of Topliss-reactive ketones (excluding diaryl/α,β-unsaturated/α-hetero) is 1. The molecule has 0 spiro atoms. The minimum Gasteiger partial charge on any atom is -0.339 e. The molecule has 99 valence electrons. The number of benzene rings is 1. The second-order valence-corrected chi connectivity index (χ2v) is 5.41. The summed E-state index contributed by atoms with van der Waals surface area (Å²) in [4.78, 5) is 23.5. The number of carbonyl (C=O) groups excluding carboxylic acids is 2. The SMILES string of the molecule is CC(=O)C[C@@H](C)c1ccc(C2CN([B]C=O)C2)cc1. The van der Waals surface area contributed by atoms with Gasteiger partial charge >= 0.3 is 0 Å². The topological polar surface area (TPSA) is 37.4 Å². The van der Waals surface area contributed by atoms with Crippen LogP contribution in [0.1, 0.15) is 43.2 Å². The molecule has 0 N–H and O–H groups in total. The van der Waals surface area contributed by atoms with Gasteiger partial charge in [0.1, 0.15) is 5.78 Å². The normalized spacial score (nSPS) is 17.6. The first-order valence-electron chi connectivity index (χ1n) is 6.72. The molecule has 0 bridgehead atoms. The van der Waals surface area contributed by atoms with Gasteiger partial charge in [-0.05, 0) is 37.1 Å². The number of nitrogens with zero attached hydrogens (tertiary/aromatic N) is 1. The fraction of sp³-hybridized carbons (Fsp3) is 0.467. The summed E-state index contributed by atoms with van der Waals surface area (Å²) in [5.74, 6) is 1.04. The molecule has 1 aliphatic heterocycles. The van der Waals surface area contributed by atoms with Gasteiger partial charge in [-0.25, -0.2) is 0 Å². The average Bonchev–Trinajstić information content (AvgIpc) is 2.33. The second kappa shape index (κ2) is 6.15. The molecule has 0 saturated carbocycles. The van der Waals surface area contributed by atoms with Crippen molar-refractivity contribution >= 4 is 19.4 Å². The monoisotopic (exact) mass is 256 g/mol.